The van der Waals surface area contributed by atoms with E-state index in [1.165, 1.54) is 7.05 Å². The molecule has 0 saturated carbocycles. The Labute approximate surface area is 103 Å². The molecular weight excluding hydrogens is 240 g/mol. The van der Waals surface area contributed by atoms with Crippen LogP contribution in [0, 0.1) is 0 Å². The van der Waals surface area contributed by atoms with E-state index in [1.807, 2.05) is 0 Å². The highest BCUT2D eigenvalue weighted by Crippen LogP contribution is 2.27. The van der Waals surface area contributed by atoms with E-state index in [-0.39, 0.29) is 11.1 Å². The first-order valence-electron chi connectivity index (χ1n) is 5.00. The molecule has 0 bridgehead atoms. The monoisotopic (exact) mass is 252 g/mol. The molecule has 1 atom stereocenters. The first kappa shape index (κ1) is 11.8. The smallest absolute Gasteiger partial charge is 0.290 e. The number of ether oxygens (including phenoxy) is 1. The summed E-state index contributed by atoms with van der Waals surface area (Å²) in [4.78, 5) is 24.1. The maximum absolute atomic E-state index is 11.6. The van der Waals surface area contributed by atoms with Gasteiger partial charge in [0.25, 0.3) is 11.1 Å². The molecule has 0 radical (unpaired) electrons. The van der Waals surface area contributed by atoms with Crippen molar-refractivity contribution in [2.45, 2.75) is 5.37 Å². The first-order chi connectivity index (χ1) is 8.11. The summed E-state index contributed by atoms with van der Waals surface area (Å²) in [6.45, 7) is 0. The Kier molecular flexibility index (Phi) is 3.23. The van der Waals surface area contributed by atoms with Crippen LogP contribution in [0.5, 0.6) is 5.75 Å². The third kappa shape index (κ3) is 2.36. The Bertz CT molecular complexity index is 447. The van der Waals surface area contributed by atoms with Crippen LogP contribution in [0.3, 0.4) is 0 Å². The van der Waals surface area contributed by atoms with Gasteiger partial charge in [-0.3, -0.25) is 14.5 Å². The Morgan fingerprint density at radius 3 is 2.41 bits per heavy atom. The van der Waals surface area contributed by atoms with Crippen LogP contribution in [0.2, 0.25) is 0 Å². The van der Waals surface area contributed by atoms with Crippen LogP contribution in [0.1, 0.15) is 0 Å². The average molecular weight is 252 g/mol. The largest absolute Gasteiger partial charge is 0.497 e. The molecule has 1 aliphatic heterocycles. The zero-order valence-electron chi connectivity index (χ0n) is 9.47. The summed E-state index contributed by atoms with van der Waals surface area (Å²) in [5.74, 6) is 0.518. The fourth-order valence-electron chi connectivity index (χ4n) is 1.43. The van der Waals surface area contributed by atoms with Crippen LogP contribution in [-0.4, -0.2) is 35.6 Å². The van der Waals surface area contributed by atoms with Gasteiger partial charge in [0.05, 0.1) is 7.11 Å². The third-order valence-electron chi connectivity index (χ3n) is 2.44. The third-order valence-corrected chi connectivity index (χ3v) is 3.47. The number of methoxy groups -OCH3 is 1. The molecule has 2 rings (SSSR count). The molecule has 1 N–H and O–H groups in total. The second-order valence-corrected chi connectivity index (χ2v) is 4.59. The number of nitrogens with one attached hydrogen (secondary N) is 1. The van der Waals surface area contributed by atoms with Gasteiger partial charge in [0, 0.05) is 12.7 Å². The molecule has 0 unspecified atom stereocenters. The lowest BCUT2D eigenvalue weighted by Crippen LogP contribution is -2.31. The molecule has 1 saturated heterocycles. The quantitative estimate of drug-likeness (QED) is 0.888. The number of hydrogen-bond donors (Lipinski definition) is 1. The molecule has 0 spiro atoms. The number of carbonyl (C=O) groups is 2. The fraction of sp³-hybridized carbons (Fsp3) is 0.273. The summed E-state index contributed by atoms with van der Waals surface area (Å²) in [5.41, 5.74) is 0.778. The van der Waals surface area contributed by atoms with Gasteiger partial charge in [-0.05, 0) is 36.0 Å². The summed E-state index contributed by atoms with van der Waals surface area (Å²) in [6.07, 6.45) is 0. The topological polar surface area (TPSA) is 58.6 Å². The van der Waals surface area contributed by atoms with Crippen LogP contribution in [0.15, 0.2) is 24.3 Å². The molecule has 90 valence electrons. The van der Waals surface area contributed by atoms with E-state index in [0.29, 0.717) is 0 Å². The van der Waals surface area contributed by atoms with Crippen molar-refractivity contribution in [1.82, 2.24) is 4.90 Å². The van der Waals surface area contributed by atoms with Gasteiger partial charge in [-0.2, -0.15) is 0 Å². The Hall–Kier alpha value is -1.69. The molecule has 0 aliphatic carbocycles. The number of amides is 2. The van der Waals surface area contributed by atoms with Gasteiger partial charge in [-0.25, -0.2) is 0 Å². The number of nitrogens with zero attached hydrogens (tertiary/aromatic N) is 1. The number of likely N-dealkylation sites (N-methyl/N-ethyl adjacent to an activating group) is 1. The van der Waals surface area contributed by atoms with Gasteiger partial charge in [-0.15, -0.1) is 0 Å². The van der Waals surface area contributed by atoms with E-state index in [0.717, 1.165) is 28.1 Å². The number of anilines is 1. The number of thioether (sulfide) groups is 1. The molecule has 1 fully saturated rings. The Morgan fingerprint density at radius 1 is 1.29 bits per heavy atom. The summed E-state index contributed by atoms with van der Waals surface area (Å²) in [6, 6.07) is 7.18. The second-order valence-electron chi connectivity index (χ2n) is 3.53. The molecule has 2 amide bonds. The lowest BCUT2D eigenvalue weighted by Gasteiger charge is -2.11. The van der Waals surface area contributed by atoms with E-state index in [1.54, 1.807) is 31.4 Å². The van der Waals surface area contributed by atoms with Gasteiger partial charge in [-0.1, -0.05) is 0 Å². The number of imide groups is 1. The summed E-state index contributed by atoms with van der Waals surface area (Å²) in [5, 5.41) is 2.22. The van der Waals surface area contributed by atoms with E-state index >= 15 is 0 Å². The number of carbonyl (C=O) groups excluding carboxylic acids is 2. The van der Waals surface area contributed by atoms with Crippen molar-refractivity contribution in [2.75, 3.05) is 19.5 Å². The molecule has 1 aromatic rings. The Balaban J connectivity index is 2.06. The van der Waals surface area contributed by atoms with Gasteiger partial charge >= 0.3 is 0 Å². The van der Waals surface area contributed by atoms with Gasteiger partial charge in [0.15, 0.2) is 5.37 Å². The van der Waals surface area contributed by atoms with Gasteiger partial charge in [0.1, 0.15) is 5.75 Å². The van der Waals surface area contributed by atoms with E-state index in [4.69, 9.17) is 4.74 Å². The summed E-state index contributed by atoms with van der Waals surface area (Å²) < 4.78 is 5.03. The fourth-order valence-corrected chi connectivity index (χ4v) is 2.33. The molecule has 17 heavy (non-hydrogen) atoms. The van der Waals surface area contributed by atoms with Crippen LogP contribution in [0.4, 0.5) is 10.5 Å². The predicted molar refractivity (Wildman–Crippen MR) is 66.2 cm³/mol. The van der Waals surface area contributed by atoms with Gasteiger partial charge < -0.3 is 10.1 Å². The number of benzene rings is 1. The molecule has 1 heterocycles. The summed E-state index contributed by atoms with van der Waals surface area (Å²) in [7, 11) is 3.07. The van der Waals surface area contributed by atoms with Crippen molar-refractivity contribution < 1.29 is 14.3 Å². The number of rotatable bonds is 3. The highest BCUT2D eigenvalue weighted by Gasteiger charge is 2.36. The maximum atomic E-state index is 11.6. The van der Waals surface area contributed by atoms with Crippen LogP contribution < -0.4 is 10.1 Å². The lowest BCUT2D eigenvalue weighted by molar-refractivity contribution is -0.125. The average Bonchev–Trinajstić information content (AvgIpc) is 2.58. The van der Waals surface area contributed by atoms with Crippen LogP contribution in [0.25, 0.3) is 0 Å². The van der Waals surface area contributed by atoms with Crippen LogP contribution in [-0.2, 0) is 4.79 Å². The van der Waals surface area contributed by atoms with Crippen molar-refractivity contribution in [3.05, 3.63) is 24.3 Å². The van der Waals surface area contributed by atoms with Crippen LogP contribution >= 0.6 is 11.8 Å². The van der Waals surface area contributed by atoms with Crippen molar-refractivity contribution in [2.24, 2.45) is 0 Å². The molecule has 5 nitrogen and oxygen atoms in total. The minimum atomic E-state index is -0.541. The van der Waals surface area contributed by atoms with Crippen molar-refractivity contribution in [3.63, 3.8) is 0 Å². The highest BCUT2D eigenvalue weighted by molar-refractivity contribution is 8.15. The van der Waals surface area contributed by atoms with Gasteiger partial charge in [0.2, 0.25) is 0 Å². The predicted octanol–water partition coefficient (Wildman–Crippen LogP) is 1.76. The SMILES string of the molecule is COc1ccc(N[C@H]2SC(=O)N(C)C2=O)cc1. The highest BCUT2D eigenvalue weighted by atomic mass is 32.2. The maximum Gasteiger partial charge on any atom is 0.290 e. The van der Waals surface area contributed by atoms with E-state index < -0.39 is 5.37 Å². The van der Waals surface area contributed by atoms with Crippen molar-refractivity contribution in [3.8, 4) is 5.75 Å². The summed E-state index contributed by atoms with van der Waals surface area (Å²) >= 11 is 0.982. The normalized spacial score (nSPS) is 19.6. The zero-order valence-corrected chi connectivity index (χ0v) is 10.3. The second kappa shape index (κ2) is 4.67. The molecule has 1 aromatic carbocycles. The lowest BCUT2D eigenvalue weighted by atomic mass is 10.3. The Morgan fingerprint density at radius 2 is 1.94 bits per heavy atom. The number of hydrogen-bond acceptors (Lipinski definition) is 5. The molecular formula is C11H12N2O3S. The molecule has 1 aliphatic rings. The molecule has 6 heteroatoms. The standard InChI is InChI=1S/C11H12N2O3S/c1-13-10(14)9(17-11(13)15)12-7-3-5-8(16-2)6-4-7/h3-6,9,12H,1-2H3/t9-/m0/s1. The van der Waals surface area contributed by atoms with Crippen molar-refractivity contribution in [1.29, 1.82) is 0 Å². The van der Waals surface area contributed by atoms with E-state index in [9.17, 15) is 9.59 Å². The minimum absolute atomic E-state index is 0.226. The minimum Gasteiger partial charge on any atom is -0.497 e. The van der Waals surface area contributed by atoms with E-state index in [2.05, 4.69) is 5.32 Å². The zero-order chi connectivity index (χ0) is 12.4. The van der Waals surface area contributed by atoms with Crippen molar-refractivity contribution >= 4 is 28.6 Å². The molecule has 0 aromatic heterocycles. The first-order valence-corrected chi connectivity index (χ1v) is 5.88.